The van der Waals surface area contributed by atoms with Gasteiger partial charge >= 0.3 is 0 Å². The number of aromatic hydroxyl groups is 1. The summed E-state index contributed by atoms with van der Waals surface area (Å²) in [5.74, 6) is 3.11. The summed E-state index contributed by atoms with van der Waals surface area (Å²) in [7, 11) is 0. The van der Waals surface area contributed by atoms with Crippen molar-refractivity contribution >= 4 is 39.4 Å². The second kappa shape index (κ2) is 11.7. The smallest absolute Gasteiger partial charge is 0.192 e. The minimum Gasteiger partial charge on any atom is -0.508 e. The van der Waals surface area contributed by atoms with E-state index in [4.69, 9.17) is 9.47 Å². The number of nitrogens with zero attached hydrogens (tertiary/aromatic N) is 1. The van der Waals surface area contributed by atoms with Crippen molar-refractivity contribution in [2.24, 2.45) is 0 Å². The van der Waals surface area contributed by atoms with Gasteiger partial charge in [-0.1, -0.05) is 43.0 Å². The zero-order valence-electron chi connectivity index (χ0n) is 25.1. The summed E-state index contributed by atoms with van der Waals surface area (Å²) in [6, 6.07) is 34.6. The quantitative estimate of drug-likeness (QED) is 0.124. The molecule has 0 aliphatic carbocycles. The number of phenolic OH excluding ortho intramolecular Hbond substituents is 1. The highest BCUT2D eigenvalue weighted by Gasteiger charge is 2.20. The average molecular weight is 606 g/mol. The Labute approximate surface area is 266 Å². The van der Waals surface area contributed by atoms with Gasteiger partial charge in [0, 0.05) is 11.8 Å². The van der Waals surface area contributed by atoms with Crippen LogP contribution in [0.2, 0.25) is 0 Å². The molecule has 0 saturated heterocycles. The van der Waals surface area contributed by atoms with Gasteiger partial charge in [-0.2, -0.15) is 0 Å². The minimum atomic E-state index is 0.0933. The number of fused-ring (bicyclic) bond motifs is 3. The molecule has 46 heavy (non-hydrogen) atoms. The van der Waals surface area contributed by atoms with Crippen LogP contribution in [0.5, 0.6) is 28.7 Å². The normalized spacial score (nSPS) is 12.9. The van der Waals surface area contributed by atoms with E-state index in [1.807, 2.05) is 109 Å². The predicted octanol–water partition coefficient (Wildman–Crippen LogP) is 10.6. The van der Waals surface area contributed by atoms with Crippen LogP contribution in [0, 0.1) is 6.92 Å². The van der Waals surface area contributed by atoms with Crippen molar-refractivity contribution in [2.45, 2.75) is 13.5 Å². The van der Waals surface area contributed by atoms with Crippen LogP contribution in [0.25, 0.3) is 33.7 Å². The van der Waals surface area contributed by atoms with E-state index < -0.39 is 0 Å². The van der Waals surface area contributed by atoms with Crippen LogP contribution < -0.4 is 14.4 Å². The molecule has 6 aromatic carbocycles. The van der Waals surface area contributed by atoms with Gasteiger partial charge in [-0.15, -0.1) is 0 Å². The summed E-state index contributed by atoms with van der Waals surface area (Å²) < 4.78 is 12.4. The first-order chi connectivity index (χ1) is 22.3. The van der Waals surface area contributed by atoms with Gasteiger partial charge in [0.2, 0.25) is 0 Å². The van der Waals surface area contributed by atoms with Gasteiger partial charge < -0.3 is 29.7 Å². The Morgan fingerprint density at radius 1 is 0.696 bits per heavy atom. The molecule has 3 N–H and O–H groups in total. The largest absolute Gasteiger partial charge is 0.508 e. The van der Waals surface area contributed by atoms with Crippen LogP contribution in [-0.4, -0.2) is 15.3 Å². The summed E-state index contributed by atoms with van der Waals surface area (Å²) in [5, 5.41) is 34.7. The van der Waals surface area contributed by atoms with E-state index in [0.717, 1.165) is 49.5 Å². The highest BCUT2D eigenvalue weighted by Crippen LogP contribution is 2.35. The Kier molecular flexibility index (Phi) is 7.31. The molecule has 0 saturated carbocycles. The number of anilines is 1. The first kappa shape index (κ1) is 28.6. The summed E-state index contributed by atoms with van der Waals surface area (Å²) in [4.78, 5) is 1.84. The van der Waals surface area contributed by atoms with Crippen molar-refractivity contribution in [2.75, 3.05) is 4.90 Å². The molecule has 0 bridgehead atoms. The molecule has 6 nitrogen and oxygen atoms in total. The monoisotopic (exact) mass is 605 g/mol. The van der Waals surface area contributed by atoms with Gasteiger partial charge in [-0.05, 0) is 136 Å². The third-order valence-corrected chi connectivity index (χ3v) is 8.14. The number of hydrogen-bond donors (Lipinski definition) is 3. The molecule has 226 valence electrons. The minimum absolute atomic E-state index is 0.0933. The molecule has 1 heterocycles. The molecule has 6 aromatic rings. The Morgan fingerprint density at radius 2 is 1.30 bits per heavy atom. The Bertz CT molecular complexity index is 2210. The maximum atomic E-state index is 11.0. The zero-order chi connectivity index (χ0) is 31.8. The lowest BCUT2D eigenvalue weighted by atomic mass is 10.0. The molecular formula is C40H31NO5. The van der Waals surface area contributed by atoms with Crippen LogP contribution in [0.1, 0.15) is 22.3 Å². The fourth-order valence-corrected chi connectivity index (χ4v) is 5.65. The van der Waals surface area contributed by atoms with E-state index in [1.54, 1.807) is 24.3 Å². The summed E-state index contributed by atoms with van der Waals surface area (Å²) in [6.45, 7) is 6.07. The van der Waals surface area contributed by atoms with Crippen LogP contribution in [0.3, 0.4) is 0 Å². The van der Waals surface area contributed by atoms with Crippen LogP contribution in [0.4, 0.5) is 5.69 Å². The number of allylic oxidation sites excluding steroid dienone is 1. The number of aliphatic hydroxyl groups is 2. The molecule has 0 unspecified atom stereocenters. The number of aryl methyl sites for hydroxylation is 1. The average Bonchev–Trinajstić information content (AvgIpc) is 3.05. The van der Waals surface area contributed by atoms with Crippen molar-refractivity contribution in [3.8, 4) is 28.7 Å². The highest BCUT2D eigenvalue weighted by molar-refractivity contribution is 5.88. The first-order valence-corrected chi connectivity index (χ1v) is 14.9. The lowest BCUT2D eigenvalue weighted by Crippen LogP contribution is -2.25. The third kappa shape index (κ3) is 5.84. The number of benzene rings is 6. The van der Waals surface area contributed by atoms with Crippen LogP contribution in [-0.2, 0) is 6.54 Å². The van der Waals surface area contributed by atoms with E-state index in [2.05, 4.69) is 6.58 Å². The number of ether oxygens (including phenoxy) is 2. The SMILES string of the molecule is C=C/C(O)=C\c1cc(Oc2ccc3ccc(Oc4ccc5c(c4)C=C(O)N(c4ccc6ccc(O)cc6c4)C5)cc3c2)ccc1C. The molecule has 1 aliphatic rings. The van der Waals surface area contributed by atoms with E-state index in [1.165, 1.54) is 6.08 Å². The van der Waals surface area contributed by atoms with E-state index in [-0.39, 0.29) is 17.4 Å². The molecule has 0 radical (unpaired) electrons. The van der Waals surface area contributed by atoms with E-state index >= 15 is 0 Å². The molecule has 0 aromatic heterocycles. The highest BCUT2D eigenvalue weighted by atomic mass is 16.5. The summed E-state index contributed by atoms with van der Waals surface area (Å²) in [5.41, 5.74) is 4.63. The van der Waals surface area contributed by atoms with Crippen molar-refractivity contribution in [3.63, 3.8) is 0 Å². The predicted molar refractivity (Wildman–Crippen MR) is 185 cm³/mol. The maximum absolute atomic E-state index is 11.0. The topological polar surface area (TPSA) is 82.4 Å². The number of rotatable bonds is 7. The lowest BCUT2D eigenvalue weighted by molar-refractivity contribution is 0.391. The zero-order valence-corrected chi connectivity index (χ0v) is 25.1. The number of hydrogen-bond acceptors (Lipinski definition) is 6. The second-order valence-corrected chi connectivity index (χ2v) is 11.3. The Balaban J connectivity index is 1.10. The standard InChI is InChI=1S/C40H31NO5/c1-3-34(42)17-29-19-36(12-4-25(29)2)45-37-13-7-27-8-14-38(21-31(27)20-37)46-39-15-9-28-24-41(40(44)23-32(28)22-39)33-10-5-26-6-11-35(43)18-30(26)16-33/h3-23,42-44H,1,24H2,2H3/b34-17+. The van der Waals surface area contributed by atoms with Crippen molar-refractivity contribution < 1.29 is 24.8 Å². The van der Waals surface area contributed by atoms with Gasteiger partial charge in [-0.25, -0.2) is 0 Å². The molecule has 0 spiro atoms. The maximum Gasteiger partial charge on any atom is 0.192 e. The van der Waals surface area contributed by atoms with Gasteiger partial charge in [0.25, 0.3) is 0 Å². The van der Waals surface area contributed by atoms with Crippen molar-refractivity contribution in [1.29, 1.82) is 0 Å². The summed E-state index contributed by atoms with van der Waals surface area (Å²) in [6.07, 6.45) is 4.80. The Hall–Kier alpha value is -6.14. The molecule has 7 rings (SSSR count). The van der Waals surface area contributed by atoms with Crippen molar-refractivity contribution in [3.05, 3.63) is 156 Å². The molecule has 6 heteroatoms. The molecular weight excluding hydrogens is 574 g/mol. The van der Waals surface area contributed by atoms with Gasteiger partial charge in [-0.3, -0.25) is 0 Å². The Morgan fingerprint density at radius 3 is 2.04 bits per heavy atom. The molecule has 0 fully saturated rings. The first-order valence-electron chi connectivity index (χ1n) is 14.9. The number of aliphatic hydroxyl groups excluding tert-OH is 2. The third-order valence-electron chi connectivity index (χ3n) is 8.14. The van der Waals surface area contributed by atoms with Gasteiger partial charge in [0.1, 0.15) is 34.5 Å². The van der Waals surface area contributed by atoms with Gasteiger partial charge in [0.15, 0.2) is 5.88 Å². The van der Waals surface area contributed by atoms with E-state index in [0.29, 0.717) is 29.5 Å². The molecule has 1 aliphatic heterocycles. The van der Waals surface area contributed by atoms with Crippen molar-refractivity contribution in [1.82, 2.24) is 0 Å². The number of phenols is 1. The second-order valence-electron chi connectivity index (χ2n) is 11.3. The van der Waals surface area contributed by atoms with Gasteiger partial charge in [0.05, 0.1) is 6.54 Å². The lowest BCUT2D eigenvalue weighted by Gasteiger charge is -2.29. The fourth-order valence-electron chi connectivity index (χ4n) is 5.65. The molecule has 0 amide bonds. The summed E-state index contributed by atoms with van der Waals surface area (Å²) >= 11 is 0. The fraction of sp³-hybridized carbons (Fsp3) is 0.0500. The van der Waals surface area contributed by atoms with Crippen LogP contribution in [0.15, 0.2) is 133 Å². The van der Waals surface area contributed by atoms with E-state index in [9.17, 15) is 15.3 Å². The van der Waals surface area contributed by atoms with Crippen LogP contribution >= 0.6 is 0 Å². The molecule has 0 atom stereocenters.